The standard InChI is InChI=1S/C42H44N4/c43-27-28-11-9-12-29(23-28)37-17-10-18-38(44-37)30-24-31(45-39-19-5-1-13-33(39)34-14-2-6-20-40(34)45)26-32(25-30)46-41-21-7-3-15-35(41)36-16-4-8-22-42(36)46/h1,3,5-6,8,10-11,13,15,17-20,22,24-25,29,32-33,36,38-39,42,44H,2,4,7,9,12,14,16,21,23,26H2. The maximum Gasteiger partial charge on any atom is 0.0943 e. The Morgan fingerprint density at radius 2 is 1.76 bits per heavy atom. The van der Waals surface area contributed by atoms with E-state index < -0.39 is 0 Å². The van der Waals surface area contributed by atoms with Crippen molar-refractivity contribution in [3.05, 3.63) is 142 Å². The lowest BCUT2D eigenvalue weighted by molar-refractivity contribution is 0.209. The topological polar surface area (TPSA) is 42.3 Å². The molecule has 0 saturated heterocycles. The van der Waals surface area contributed by atoms with Gasteiger partial charge in [-0.2, -0.15) is 5.26 Å². The Morgan fingerprint density at radius 3 is 2.72 bits per heavy atom. The molecule has 6 aliphatic carbocycles. The third-order valence-corrected chi connectivity index (χ3v) is 11.9. The number of nitriles is 1. The summed E-state index contributed by atoms with van der Waals surface area (Å²) in [6.07, 6.45) is 49.1. The number of rotatable bonds is 4. The second kappa shape index (κ2) is 11.5. The van der Waals surface area contributed by atoms with Gasteiger partial charge in [-0.1, -0.05) is 79.0 Å². The molecule has 3 heterocycles. The molecule has 0 radical (unpaired) electrons. The van der Waals surface area contributed by atoms with Crippen LogP contribution in [0, 0.1) is 29.1 Å². The van der Waals surface area contributed by atoms with Gasteiger partial charge in [0.15, 0.2) is 0 Å². The first-order valence-electron chi connectivity index (χ1n) is 17.8. The van der Waals surface area contributed by atoms with Crippen molar-refractivity contribution in [1.82, 2.24) is 15.1 Å². The van der Waals surface area contributed by atoms with Crippen molar-refractivity contribution in [1.29, 1.82) is 5.26 Å². The highest BCUT2D eigenvalue weighted by Gasteiger charge is 2.45. The van der Waals surface area contributed by atoms with Crippen molar-refractivity contribution in [3.63, 3.8) is 0 Å². The lowest BCUT2D eigenvalue weighted by Gasteiger charge is -2.43. The number of hydrogen-bond donors (Lipinski definition) is 1. The summed E-state index contributed by atoms with van der Waals surface area (Å²) in [6.45, 7) is 0. The number of dihydropyridines is 1. The molecular formula is C42H44N4. The molecule has 1 N–H and O–H groups in total. The lowest BCUT2D eigenvalue weighted by Crippen LogP contribution is -2.45. The summed E-state index contributed by atoms with van der Waals surface area (Å²) in [5.74, 6) is 1.45. The Kier molecular flexibility index (Phi) is 7.03. The summed E-state index contributed by atoms with van der Waals surface area (Å²) in [4.78, 5) is 5.56. The molecule has 3 aliphatic heterocycles. The second-order valence-electron chi connectivity index (χ2n) is 14.4. The van der Waals surface area contributed by atoms with E-state index in [0.29, 0.717) is 35.9 Å². The van der Waals surface area contributed by atoms with Crippen LogP contribution in [0.15, 0.2) is 142 Å². The van der Waals surface area contributed by atoms with E-state index in [1.54, 1.807) is 16.8 Å². The predicted molar refractivity (Wildman–Crippen MR) is 185 cm³/mol. The lowest BCUT2D eigenvalue weighted by atomic mass is 9.83. The van der Waals surface area contributed by atoms with Crippen molar-refractivity contribution in [3.8, 4) is 6.07 Å². The van der Waals surface area contributed by atoms with Crippen LogP contribution in [0.5, 0.6) is 0 Å². The van der Waals surface area contributed by atoms with Crippen molar-refractivity contribution < 1.29 is 0 Å². The van der Waals surface area contributed by atoms with Crippen LogP contribution in [0.4, 0.5) is 0 Å². The fourth-order valence-corrected chi connectivity index (χ4v) is 9.84. The minimum Gasteiger partial charge on any atom is -0.378 e. The van der Waals surface area contributed by atoms with Crippen LogP contribution in [0.25, 0.3) is 0 Å². The summed E-state index contributed by atoms with van der Waals surface area (Å²) >= 11 is 0. The molecule has 0 fully saturated rings. The Morgan fingerprint density at radius 1 is 0.848 bits per heavy atom. The smallest absolute Gasteiger partial charge is 0.0943 e. The van der Waals surface area contributed by atoms with E-state index in [4.69, 9.17) is 0 Å². The maximum atomic E-state index is 9.63. The van der Waals surface area contributed by atoms with Gasteiger partial charge in [0.1, 0.15) is 0 Å². The average Bonchev–Trinajstić information content (AvgIpc) is 3.65. The first-order chi connectivity index (χ1) is 22.8. The summed E-state index contributed by atoms with van der Waals surface area (Å²) in [7, 11) is 0. The van der Waals surface area contributed by atoms with Crippen LogP contribution in [-0.2, 0) is 0 Å². The third-order valence-electron chi connectivity index (χ3n) is 11.9. The molecule has 0 saturated carbocycles. The monoisotopic (exact) mass is 604 g/mol. The van der Waals surface area contributed by atoms with Crippen LogP contribution >= 0.6 is 0 Å². The fourth-order valence-electron chi connectivity index (χ4n) is 9.84. The first kappa shape index (κ1) is 28.0. The highest BCUT2D eigenvalue weighted by Crippen LogP contribution is 2.49. The van der Waals surface area contributed by atoms with Crippen LogP contribution in [0.1, 0.15) is 64.2 Å². The van der Waals surface area contributed by atoms with E-state index in [9.17, 15) is 5.26 Å². The largest absolute Gasteiger partial charge is 0.378 e. The quantitative estimate of drug-likeness (QED) is 0.327. The van der Waals surface area contributed by atoms with Gasteiger partial charge in [0.05, 0.1) is 30.2 Å². The van der Waals surface area contributed by atoms with Gasteiger partial charge in [-0.15, -0.1) is 0 Å². The zero-order valence-electron chi connectivity index (χ0n) is 26.7. The molecule has 0 spiro atoms. The van der Waals surface area contributed by atoms with Crippen molar-refractivity contribution >= 4 is 0 Å². The molecule has 0 bridgehead atoms. The summed E-state index contributed by atoms with van der Waals surface area (Å²) in [5.41, 5.74) is 11.3. The Bertz CT molecular complexity index is 1740. The molecule has 0 aromatic carbocycles. The Labute approximate surface area is 274 Å². The zero-order chi connectivity index (χ0) is 30.6. The van der Waals surface area contributed by atoms with Crippen molar-refractivity contribution in [2.75, 3.05) is 0 Å². The van der Waals surface area contributed by atoms with Gasteiger partial charge in [-0.25, -0.2) is 0 Å². The van der Waals surface area contributed by atoms with Crippen LogP contribution in [0.2, 0.25) is 0 Å². The van der Waals surface area contributed by atoms with E-state index in [2.05, 4.69) is 118 Å². The molecule has 0 aromatic rings. The molecule has 0 aromatic heterocycles. The normalized spacial score (nSPS) is 35.5. The minimum absolute atomic E-state index is 0.116. The van der Waals surface area contributed by atoms with Gasteiger partial charge >= 0.3 is 0 Å². The van der Waals surface area contributed by atoms with E-state index >= 15 is 0 Å². The third kappa shape index (κ3) is 4.62. The van der Waals surface area contributed by atoms with E-state index in [1.807, 2.05) is 0 Å². The molecule has 7 atom stereocenters. The summed E-state index contributed by atoms with van der Waals surface area (Å²) in [5, 5.41) is 13.6. The molecule has 46 heavy (non-hydrogen) atoms. The number of allylic oxidation sites excluding steroid dienone is 13. The van der Waals surface area contributed by atoms with E-state index in [-0.39, 0.29) is 6.04 Å². The number of hydrogen-bond acceptors (Lipinski definition) is 4. The predicted octanol–water partition coefficient (Wildman–Crippen LogP) is 8.52. The van der Waals surface area contributed by atoms with Crippen LogP contribution < -0.4 is 5.32 Å². The Balaban J connectivity index is 1.11. The van der Waals surface area contributed by atoms with Crippen molar-refractivity contribution in [2.45, 2.75) is 88.4 Å². The van der Waals surface area contributed by atoms with Gasteiger partial charge < -0.3 is 15.1 Å². The van der Waals surface area contributed by atoms with E-state index in [1.165, 1.54) is 35.5 Å². The summed E-state index contributed by atoms with van der Waals surface area (Å²) in [6, 6.07) is 3.64. The SMILES string of the molecule is N#CC1=CCCC(C2=CC=CC(C3=CC(N4C5=C(C=CCC5)C5CCC=CC54)CC(N4C5=C(CCC=C5)C5C=CC=CC54)=C3)N2)C1. The molecule has 4 heteroatoms. The van der Waals surface area contributed by atoms with Crippen molar-refractivity contribution in [2.24, 2.45) is 17.8 Å². The second-order valence-corrected chi connectivity index (χ2v) is 14.4. The molecule has 232 valence electrons. The molecule has 9 aliphatic rings. The van der Waals surface area contributed by atoms with Crippen LogP contribution in [-0.4, -0.2) is 34.0 Å². The molecule has 4 nitrogen and oxygen atoms in total. The fraction of sp³-hybridized carbons (Fsp3) is 0.405. The van der Waals surface area contributed by atoms with Crippen LogP contribution in [0.3, 0.4) is 0 Å². The van der Waals surface area contributed by atoms with E-state index in [0.717, 1.165) is 56.9 Å². The van der Waals surface area contributed by atoms with Gasteiger partial charge in [-0.05, 0) is 92.7 Å². The molecule has 7 unspecified atom stereocenters. The van der Waals surface area contributed by atoms with Gasteiger partial charge in [-0.3, -0.25) is 0 Å². The number of nitrogens with one attached hydrogen (secondary N) is 1. The van der Waals surface area contributed by atoms with Gasteiger partial charge in [0.25, 0.3) is 0 Å². The highest BCUT2D eigenvalue weighted by atomic mass is 15.3. The van der Waals surface area contributed by atoms with Gasteiger partial charge in [0, 0.05) is 52.5 Å². The minimum atomic E-state index is 0.116. The molecular weight excluding hydrogens is 560 g/mol. The molecule has 9 rings (SSSR count). The number of nitrogens with zero attached hydrogens (tertiary/aromatic N) is 3. The first-order valence-corrected chi connectivity index (χ1v) is 17.8. The highest BCUT2D eigenvalue weighted by molar-refractivity contribution is 5.50. The zero-order valence-corrected chi connectivity index (χ0v) is 26.7. The average molecular weight is 605 g/mol. The molecule has 0 amide bonds. The summed E-state index contributed by atoms with van der Waals surface area (Å²) < 4.78 is 0. The Hall–Kier alpha value is -4.23. The maximum absolute atomic E-state index is 9.63. The van der Waals surface area contributed by atoms with Gasteiger partial charge in [0.2, 0.25) is 0 Å². The number of fused-ring (bicyclic) bond motifs is 4.